The minimum Gasteiger partial charge on any atom is -0.442 e. The lowest BCUT2D eigenvalue weighted by molar-refractivity contribution is 0.146. The Morgan fingerprint density at radius 2 is 2.31 bits per heavy atom. The van der Waals surface area contributed by atoms with Crippen LogP contribution in [-0.2, 0) is 9.47 Å². The molecule has 136 valence electrons. The molecule has 8 heteroatoms. The van der Waals surface area contributed by atoms with Crippen molar-refractivity contribution in [3.63, 3.8) is 0 Å². The summed E-state index contributed by atoms with van der Waals surface area (Å²) in [6, 6.07) is 5.17. The average Bonchev–Trinajstić information content (AvgIpc) is 3.30. The van der Waals surface area contributed by atoms with Crippen molar-refractivity contribution in [3.8, 4) is 0 Å². The zero-order valence-electron chi connectivity index (χ0n) is 14.0. The first-order chi connectivity index (χ1) is 12.7. The summed E-state index contributed by atoms with van der Waals surface area (Å²) in [5.74, 6) is -0.357. The van der Waals surface area contributed by atoms with Crippen LogP contribution in [0.3, 0.4) is 0 Å². The van der Waals surface area contributed by atoms with Gasteiger partial charge in [-0.25, -0.2) is 14.2 Å². The molecule has 0 bridgehead atoms. The van der Waals surface area contributed by atoms with Gasteiger partial charge in [0.05, 0.1) is 38.2 Å². The molecule has 0 saturated carbocycles. The summed E-state index contributed by atoms with van der Waals surface area (Å²) in [4.78, 5) is 17.5. The Balaban J connectivity index is 1.44. The maximum Gasteiger partial charge on any atom is 0.414 e. The molecule has 2 aliphatic heterocycles. The molecule has 0 radical (unpaired) electrons. The largest absolute Gasteiger partial charge is 0.442 e. The Hall–Kier alpha value is -2.87. The minimum absolute atomic E-state index is 0.321. The van der Waals surface area contributed by atoms with Crippen LogP contribution in [0.1, 0.15) is 12.0 Å². The van der Waals surface area contributed by atoms with Gasteiger partial charge < -0.3 is 19.2 Å². The van der Waals surface area contributed by atoms with Crippen LogP contribution in [0, 0.1) is 5.82 Å². The summed E-state index contributed by atoms with van der Waals surface area (Å²) in [5, 5.41) is 2.95. The first-order valence-electron chi connectivity index (χ1n) is 8.39. The maximum atomic E-state index is 14.6. The lowest BCUT2D eigenvalue weighted by atomic mass is 10.0. The fourth-order valence-electron chi connectivity index (χ4n) is 3.05. The van der Waals surface area contributed by atoms with E-state index in [1.54, 1.807) is 12.1 Å². The summed E-state index contributed by atoms with van der Waals surface area (Å²) in [7, 11) is 0. The van der Waals surface area contributed by atoms with Crippen LogP contribution in [0.4, 0.5) is 20.9 Å². The SMILES string of the molecule is O=C1O[C@@H](CNc2ncco2)CN1c1ccc(C2=CCOCC2)c(F)c1. The third kappa shape index (κ3) is 3.41. The molecule has 1 N–H and O–H groups in total. The number of hydrogen-bond acceptors (Lipinski definition) is 6. The minimum atomic E-state index is -0.498. The molecular formula is C18H18FN3O4. The highest BCUT2D eigenvalue weighted by molar-refractivity contribution is 5.90. The Morgan fingerprint density at radius 3 is 3.04 bits per heavy atom. The highest BCUT2D eigenvalue weighted by atomic mass is 19.1. The van der Waals surface area contributed by atoms with E-state index in [1.807, 2.05) is 6.08 Å². The van der Waals surface area contributed by atoms with Crippen molar-refractivity contribution in [1.29, 1.82) is 0 Å². The molecule has 2 aliphatic rings. The molecule has 1 aromatic carbocycles. The van der Waals surface area contributed by atoms with Gasteiger partial charge in [0, 0.05) is 5.56 Å². The van der Waals surface area contributed by atoms with Crippen molar-refractivity contribution in [1.82, 2.24) is 4.98 Å². The number of carbonyl (C=O) groups excluding carboxylic acids is 1. The van der Waals surface area contributed by atoms with E-state index in [0.717, 1.165) is 5.57 Å². The second-order valence-corrected chi connectivity index (χ2v) is 6.05. The number of nitrogens with one attached hydrogen (secondary N) is 1. The molecule has 0 unspecified atom stereocenters. The van der Waals surface area contributed by atoms with E-state index in [-0.39, 0.29) is 11.9 Å². The number of carbonyl (C=O) groups is 1. The van der Waals surface area contributed by atoms with Crippen molar-refractivity contribution in [2.24, 2.45) is 0 Å². The molecule has 0 spiro atoms. The fourth-order valence-corrected chi connectivity index (χ4v) is 3.05. The fraction of sp³-hybridized carbons (Fsp3) is 0.333. The molecule has 1 amide bonds. The van der Waals surface area contributed by atoms with Gasteiger partial charge in [-0.15, -0.1) is 0 Å². The quantitative estimate of drug-likeness (QED) is 0.884. The van der Waals surface area contributed by atoms with E-state index >= 15 is 0 Å². The smallest absolute Gasteiger partial charge is 0.414 e. The molecule has 1 fully saturated rings. The first kappa shape index (κ1) is 16.6. The van der Waals surface area contributed by atoms with Crippen molar-refractivity contribution in [3.05, 3.63) is 48.1 Å². The van der Waals surface area contributed by atoms with Crippen LogP contribution in [0.5, 0.6) is 0 Å². The Morgan fingerprint density at radius 1 is 1.38 bits per heavy atom. The first-order valence-corrected chi connectivity index (χ1v) is 8.39. The third-order valence-corrected chi connectivity index (χ3v) is 4.36. The van der Waals surface area contributed by atoms with Crippen LogP contribution >= 0.6 is 0 Å². The van der Waals surface area contributed by atoms with Crippen molar-refractivity contribution in [2.75, 3.05) is 36.5 Å². The highest BCUT2D eigenvalue weighted by Gasteiger charge is 2.32. The molecule has 1 atom stereocenters. The topological polar surface area (TPSA) is 76.8 Å². The lowest BCUT2D eigenvalue weighted by Crippen LogP contribution is -2.27. The number of oxazole rings is 1. The zero-order chi connectivity index (χ0) is 17.9. The monoisotopic (exact) mass is 359 g/mol. The van der Waals surface area contributed by atoms with Gasteiger partial charge in [-0.05, 0) is 30.2 Å². The van der Waals surface area contributed by atoms with Crippen molar-refractivity contribution in [2.45, 2.75) is 12.5 Å². The Bertz CT molecular complexity index is 822. The van der Waals surface area contributed by atoms with Gasteiger partial charge in [0.25, 0.3) is 6.01 Å². The van der Waals surface area contributed by atoms with Gasteiger partial charge in [0.1, 0.15) is 18.2 Å². The summed E-state index contributed by atoms with van der Waals surface area (Å²) in [6.07, 6.45) is 4.66. The molecule has 3 heterocycles. The predicted octanol–water partition coefficient (Wildman–Crippen LogP) is 3.05. The summed E-state index contributed by atoms with van der Waals surface area (Å²) in [6.45, 7) is 1.76. The molecule has 7 nitrogen and oxygen atoms in total. The highest BCUT2D eigenvalue weighted by Crippen LogP contribution is 2.29. The summed E-state index contributed by atoms with van der Waals surface area (Å²) < 4.78 is 30.2. The van der Waals surface area contributed by atoms with Gasteiger partial charge >= 0.3 is 6.09 Å². The number of ether oxygens (including phenoxy) is 2. The van der Waals surface area contributed by atoms with E-state index in [9.17, 15) is 9.18 Å². The maximum absolute atomic E-state index is 14.6. The van der Waals surface area contributed by atoms with E-state index in [2.05, 4.69) is 10.3 Å². The molecule has 1 aromatic heterocycles. The number of halogens is 1. The van der Waals surface area contributed by atoms with Crippen LogP contribution < -0.4 is 10.2 Å². The number of amides is 1. The van der Waals surface area contributed by atoms with Crippen LogP contribution in [0.25, 0.3) is 5.57 Å². The number of benzene rings is 1. The van der Waals surface area contributed by atoms with E-state index in [0.29, 0.717) is 50.0 Å². The van der Waals surface area contributed by atoms with Crippen molar-refractivity contribution >= 4 is 23.4 Å². The molecule has 2 aromatic rings. The Kier molecular flexibility index (Phi) is 4.57. The van der Waals surface area contributed by atoms with Crippen LogP contribution in [0.2, 0.25) is 0 Å². The zero-order valence-corrected chi connectivity index (χ0v) is 14.0. The van der Waals surface area contributed by atoms with Gasteiger partial charge in [-0.3, -0.25) is 4.90 Å². The average molecular weight is 359 g/mol. The number of anilines is 2. The molecule has 0 aliphatic carbocycles. The second-order valence-electron chi connectivity index (χ2n) is 6.05. The van der Waals surface area contributed by atoms with Gasteiger partial charge in [-0.2, -0.15) is 0 Å². The van der Waals surface area contributed by atoms with Crippen molar-refractivity contribution < 1.29 is 23.1 Å². The van der Waals surface area contributed by atoms with E-state index < -0.39 is 6.09 Å². The lowest BCUT2D eigenvalue weighted by Gasteiger charge is -2.17. The molecule has 4 rings (SSSR count). The van der Waals surface area contributed by atoms with Gasteiger partial charge in [-0.1, -0.05) is 6.08 Å². The molecule has 26 heavy (non-hydrogen) atoms. The standard InChI is InChI=1S/C18H18FN3O4/c19-16-9-13(1-2-15(16)12-3-6-24-7-4-12)22-11-14(26-18(22)23)10-21-17-20-5-8-25-17/h1-3,5,8-9,14H,4,6-7,10-11H2,(H,20,21)/t14-/m0/s1. The van der Waals surface area contributed by atoms with Crippen LogP contribution in [-0.4, -0.2) is 43.5 Å². The normalized spacial score (nSPS) is 20.0. The molecular weight excluding hydrogens is 341 g/mol. The van der Waals surface area contributed by atoms with E-state index in [1.165, 1.54) is 23.4 Å². The number of hydrogen-bond donors (Lipinski definition) is 1. The predicted molar refractivity (Wildman–Crippen MR) is 92.4 cm³/mol. The summed E-state index contributed by atoms with van der Waals surface area (Å²) in [5.41, 5.74) is 1.95. The van der Waals surface area contributed by atoms with Gasteiger partial charge in [0.15, 0.2) is 0 Å². The number of rotatable bonds is 5. The third-order valence-electron chi connectivity index (χ3n) is 4.36. The van der Waals surface area contributed by atoms with E-state index in [4.69, 9.17) is 13.9 Å². The van der Waals surface area contributed by atoms with Crippen LogP contribution in [0.15, 0.2) is 41.2 Å². The van der Waals surface area contributed by atoms with Gasteiger partial charge in [0.2, 0.25) is 0 Å². The second kappa shape index (κ2) is 7.17. The Labute approximate surface area is 149 Å². The molecule has 1 saturated heterocycles. The number of cyclic esters (lactones) is 1. The number of nitrogens with zero attached hydrogens (tertiary/aromatic N) is 2. The number of aromatic nitrogens is 1. The summed E-state index contributed by atoms with van der Waals surface area (Å²) >= 11 is 0.